The molecule has 9 heavy (non-hydrogen) atoms. The summed E-state index contributed by atoms with van der Waals surface area (Å²) in [7, 11) is 0. The molecule has 0 bridgehead atoms. The Morgan fingerprint density at radius 1 is 1.78 bits per heavy atom. The van der Waals surface area contributed by atoms with E-state index in [-0.39, 0.29) is 0 Å². The van der Waals surface area contributed by atoms with Crippen molar-refractivity contribution in [2.45, 2.75) is 19.4 Å². The van der Waals surface area contributed by atoms with Gasteiger partial charge in [-0.1, -0.05) is 0 Å². The first-order chi connectivity index (χ1) is 3.98. The zero-order valence-corrected chi connectivity index (χ0v) is 7.51. The van der Waals surface area contributed by atoms with Crippen molar-refractivity contribution in [3.05, 3.63) is 9.66 Å². The first kappa shape index (κ1) is 8.92. The quantitative estimate of drug-likeness (QED) is 0.556. The lowest BCUT2D eigenvalue weighted by molar-refractivity contribution is 0.131. The fourth-order valence-corrected chi connectivity index (χ4v) is 0.373. The molecule has 0 spiro atoms. The van der Waals surface area contributed by atoms with Crippen LogP contribution in [-0.4, -0.2) is 10.7 Å². The van der Waals surface area contributed by atoms with E-state index in [9.17, 15) is 5.11 Å². The van der Waals surface area contributed by atoms with Crippen LogP contribution in [0.15, 0.2) is 9.66 Å². The lowest BCUT2D eigenvalue weighted by atomic mass is 10.1. The summed E-state index contributed by atoms with van der Waals surface area (Å²) in [5.74, 6) is 0. The Morgan fingerprint density at radius 3 is 2.33 bits per heavy atom. The van der Waals surface area contributed by atoms with Crippen molar-refractivity contribution in [2.24, 2.45) is 0 Å². The molecule has 3 heteroatoms. The van der Waals surface area contributed by atoms with Gasteiger partial charge in [0.1, 0.15) is 0 Å². The highest BCUT2D eigenvalue weighted by Crippen LogP contribution is 2.21. The number of allylic oxidation sites excluding steroid dienone is 1. The largest absolute Gasteiger partial charge is 0.385 e. The Hall–Kier alpha value is -0.0800. The van der Waals surface area contributed by atoms with E-state index >= 15 is 0 Å². The number of nitrogens with zero attached hydrogens (tertiary/aromatic N) is 1. The van der Waals surface area contributed by atoms with Gasteiger partial charge in [-0.2, -0.15) is 5.26 Å². The third-order valence-electron chi connectivity index (χ3n) is 0.776. The van der Waals surface area contributed by atoms with Crippen LogP contribution in [0.4, 0.5) is 0 Å². The third kappa shape index (κ3) is 3.49. The van der Waals surface area contributed by atoms with Gasteiger partial charge in [0, 0.05) is 9.66 Å². The molecule has 0 heterocycles. The van der Waals surface area contributed by atoms with Crippen LogP contribution in [0.2, 0.25) is 0 Å². The maximum Gasteiger partial charge on any atom is 0.0920 e. The molecule has 0 amide bonds. The van der Waals surface area contributed by atoms with E-state index in [1.165, 1.54) is 6.08 Å². The van der Waals surface area contributed by atoms with Gasteiger partial charge in [-0.05, 0) is 36.4 Å². The minimum atomic E-state index is -0.865. The van der Waals surface area contributed by atoms with Crippen molar-refractivity contribution >= 4 is 22.6 Å². The first-order valence-electron chi connectivity index (χ1n) is 2.46. The molecular weight excluding hydrogens is 229 g/mol. The zero-order chi connectivity index (χ0) is 7.49. The molecule has 0 rings (SSSR count). The van der Waals surface area contributed by atoms with Gasteiger partial charge in [-0.3, -0.25) is 0 Å². The highest BCUT2D eigenvalue weighted by atomic mass is 127. The summed E-state index contributed by atoms with van der Waals surface area (Å²) in [5.41, 5.74) is -0.865. The highest BCUT2D eigenvalue weighted by molar-refractivity contribution is 14.1. The maximum absolute atomic E-state index is 9.19. The third-order valence-corrected chi connectivity index (χ3v) is 2.41. The minimum Gasteiger partial charge on any atom is -0.385 e. The summed E-state index contributed by atoms with van der Waals surface area (Å²) in [6, 6.07) is 1.84. The molecule has 0 aliphatic heterocycles. The van der Waals surface area contributed by atoms with Gasteiger partial charge in [0.2, 0.25) is 0 Å². The Bertz CT molecular complexity index is 161. The van der Waals surface area contributed by atoms with Crippen LogP contribution < -0.4 is 0 Å². The van der Waals surface area contributed by atoms with Gasteiger partial charge in [0.25, 0.3) is 0 Å². The van der Waals surface area contributed by atoms with Crippen molar-refractivity contribution in [2.75, 3.05) is 0 Å². The van der Waals surface area contributed by atoms with E-state index in [0.717, 1.165) is 0 Å². The van der Waals surface area contributed by atoms with E-state index < -0.39 is 5.60 Å². The second-order valence-corrected chi connectivity index (χ2v) is 3.34. The number of rotatable bonds is 1. The molecule has 2 nitrogen and oxygen atoms in total. The number of hydrogen-bond donors (Lipinski definition) is 1. The summed E-state index contributed by atoms with van der Waals surface area (Å²) in [4.78, 5) is 0. The Labute approximate surface area is 68.3 Å². The van der Waals surface area contributed by atoms with E-state index in [1.807, 2.05) is 28.7 Å². The maximum atomic E-state index is 9.19. The molecule has 0 aliphatic rings. The van der Waals surface area contributed by atoms with Crippen LogP contribution in [0.25, 0.3) is 0 Å². The van der Waals surface area contributed by atoms with Crippen LogP contribution in [0.5, 0.6) is 0 Å². The molecule has 0 fully saturated rings. The van der Waals surface area contributed by atoms with Crippen LogP contribution in [0, 0.1) is 11.3 Å². The highest BCUT2D eigenvalue weighted by Gasteiger charge is 2.15. The summed E-state index contributed by atoms with van der Waals surface area (Å²) in [5, 5.41) is 17.3. The lowest BCUT2D eigenvalue weighted by Gasteiger charge is -2.14. The molecule has 0 atom stereocenters. The SMILES string of the molecule is CC(C)(O)C(I)=CC#N. The summed E-state index contributed by atoms with van der Waals surface area (Å²) >= 11 is 1.94. The second-order valence-electron chi connectivity index (χ2n) is 2.18. The molecular formula is C6H8INO. The number of nitriles is 1. The van der Waals surface area contributed by atoms with Crippen LogP contribution in [0.1, 0.15) is 13.8 Å². The Morgan fingerprint density at radius 2 is 2.22 bits per heavy atom. The normalized spacial score (nSPS) is 13.0. The van der Waals surface area contributed by atoms with Gasteiger partial charge in [-0.15, -0.1) is 0 Å². The topological polar surface area (TPSA) is 44.0 Å². The van der Waals surface area contributed by atoms with Gasteiger partial charge >= 0.3 is 0 Å². The predicted octanol–water partition coefficient (Wildman–Crippen LogP) is 1.60. The fourth-order valence-electron chi connectivity index (χ4n) is 0.233. The molecule has 50 valence electrons. The summed E-state index contributed by atoms with van der Waals surface area (Å²) in [6.45, 7) is 3.28. The Kier molecular flexibility index (Phi) is 3.15. The summed E-state index contributed by atoms with van der Waals surface area (Å²) < 4.78 is 0.655. The van der Waals surface area contributed by atoms with Crippen molar-refractivity contribution in [3.8, 4) is 6.07 Å². The molecule has 0 radical (unpaired) electrons. The molecule has 0 saturated heterocycles. The number of aliphatic hydroxyl groups is 1. The van der Waals surface area contributed by atoms with E-state index in [2.05, 4.69) is 0 Å². The molecule has 0 aliphatic carbocycles. The van der Waals surface area contributed by atoms with E-state index in [4.69, 9.17) is 5.26 Å². The van der Waals surface area contributed by atoms with Crippen molar-refractivity contribution in [1.29, 1.82) is 5.26 Å². The van der Waals surface area contributed by atoms with Crippen LogP contribution in [-0.2, 0) is 0 Å². The number of halogens is 1. The van der Waals surface area contributed by atoms with E-state index in [1.54, 1.807) is 13.8 Å². The zero-order valence-electron chi connectivity index (χ0n) is 5.35. The fraction of sp³-hybridized carbons (Fsp3) is 0.500. The van der Waals surface area contributed by atoms with Gasteiger partial charge < -0.3 is 5.11 Å². The van der Waals surface area contributed by atoms with Crippen molar-refractivity contribution < 1.29 is 5.11 Å². The monoisotopic (exact) mass is 237 g/mol. The van der Waals surface area contributed by atoms with Gasteiger partial charge in [0.05, 0.1) is 11.7 Å². The summed E-state index contributed by atoms with van der Waals surface area (Å²) in [6.07, 6.45) is 1.33. The van der Waals surface area contributed by atoms with Gasteiger partial charge in [0.15, 0.2) is 0 Å². The lowest BCUT2D eigenvalue weighted by Crippen LogP contribution is -2.17. The molecule has 0 unspecified atom stereocenters. The van der Waals surface area contributed by atoms with Crippen molar-refractivity contribution in [3.63, 3.8) is 0 Å². The van der Waals surface area contributed by atoms with Crippen LogP contribution >= 0.6 is 22.6 Å². The standard InChI is InChI=1S/C6H8INO/c1-6(2,9)5(7)3-4-8/h3,9H,1-2H3. The average Bonchev–Trinajstić information content (AvgIpc) is 1.64. The predicted molar refractivity (Wildman–Crippen MR) is 44.0 cm³/mol. The molecule has 0 saturated carbocycles. The second kappa shape index (κ2) is 3.18. The molecule has 0 aromatic heterocycles. The van der Waals surface area contributed by atoms with Gasteiger partial charge in [-0.25, -0.2) is 0 Å². The number of hydrogen-bond acceptors (Lipinski definition) is 2. The minimum absolute atomic E-state index is 0.655. The molecule has 0 aromatic rings. The smallest absolute Gasteiger partial charge is 0.0920 e. The van der Waals surface area contributed by atoms with Crippen molar-refractivity contribution in [1.82, 2.24) is 0 Å². The molecule has 0 aromatic carbocycles. The van der Waals surface area contributed by atoms with Crippen LogP contribution in [0.3, 0.4) is 0 Å². The first-order valence-corrected chi connectivity index (χ1v) is 3.54. The molecule has 1 N–H and O–H groups in total. The van der Waals surface area contributed by atoms with E-state index in [0.29, 0.717) is 3.58 Å². The average molecular weight is 237 g/mol. The Balaban J connectivity index is 4.25.